The molecule has 0 bridgehead atoms. The number of hydrogen-bond acceptors (Lipinski definition) is 6. The number of ether oxygens (including phenoxy) is 1. The number of rotatable bonds is 9. The van der Waals surface area contributed by atoms with Gasteiger partial charge in [0.15, 0.2) is 5.78 Å². The van der Waals surface area contributed by atoms with Gasteiger partial charge in [-0.1, -0.05) is 78.9 Å². The van der Waals surface area contributed by atoms with Crippen molar-refractivity contribution >= 4 is 27.9 Å². The summed E-state index contributed by atoms with van der Waals surface area (Å²) in [4.78, 5) is 39.4. The van der Waals surface area contributed by atoms with Gasteiger partial charge in [-0.25, -0.2) is 9.69 Å². The Bertz CT molecular complexity index is 1290. The van der Waals surface area contributed by atoms with Crippen LogP contribution in [-0.2, 0) is 26.3 Å². The molecule has 0 fully saturated rings. The van der Waals surface area contributed by atoms with Crippen molar-refractivity contribution in [2.45, 2.75) is 19.4 Å². The normalized spacial score (nSPS) is 11.9. The highest BCUT2D eigenvalue weighted by molar-refractivity contribution is 7.85. The molecule has 3 aromatic carbocycles. The zero-order valence-corrected chi connectivity index (χ0v) is 19.9. The molecule has 1 atom stereocenters. The SMILES string of the molecule is C[C@@H](C(=O)N(CCS(=O)(=O)O)C(=O)OCc1ccccc1)c1cccc(C(=O)c2ccccc2)c1. The Hall–Kier alpha value is -3.82. The van der Waals surface area contributed by atoms with E-state index in [1.54, 1.807) is 91.9 Å². The van der Waals surface area contributed by atoms with Gasteiger partial charge in [0.05, 0.1) is 11.7 Å². The molecule has 0 aliphatic carbocycles. The van der Waals surface area contributed by atoms with Crippen molar-refractivity contribution in [2.24, 2.45) is 0 Å². The Kier molecular flexibility index (Phi) is 8.51. The van der Waals surface area contributed by atoms with Crippen LogP contribution in [0, 0.1) is 0 Å². The smallest absolute Gasteiger partial charge is 0.416 e. The fraction of sp³-hybridized carbons (Fsp3) is 0.192. The number of hydrogen-bond donors (Lipinski definition) is 1. The zero-order chi connectivity index (χ0) is 25.4. The highest BCUT2D eigenvalue weighted by Gasteiger charge is 2.30. The highest BCUT2D eigenvalue weighted by atomic mass is 32.2. The van der Waals surface area contributed by atoms with Gasteiger partial charge in [-0.2, -0.15) is 8.42 Å². The minimum absolute atomic E-state index is 0.120. The molecule has 0 aromatic heterocycles. The number of nitrogens with zero attached hydrogens (tertiary/aromatic N) is 1. The molecular formula is C26H25NO7S. The molecular weight excluding hydrogens is 470 g/mol. The van der Waals surface area contributed by atoms with Crippen LogP contribution in [0.4, 0.5) is 4.79 Å². The van der Waals surface area contributed by atoms with Crippen molar-refractivity contribution in [3.63, 3.8) is 0 Å². The molecule has 1 N–H and O–H groups in total. The van der Waals surface area contributed by atoms with Gasteiger partial charge >= 0.3 is 6.09 Å². The maximum atomic E-state index is 13.2. The van der Waals surface area contributed by atoms with E-state index < -0.39 is 40.3 Å². The summed E-state index contributed by atoms with van der Waals surface area (Å²) >= 11 is 0. The lowest BCUT2D eigenvalue weighted by Gasteiger charge is -2.23. The molecule has 0 saturated heterocycles. The first kappa shape index (κ1) is 25.8. The van der Waals surface area contributed by atoms with Crippen LogP contribution in [0.15, 0.2) is 84.9 Å². The second-order valence-corrected chi connectivity index (χ2v) is 9.43. The van der Waals surface area contributed by atoms with Crippen LogP contribution in [0.5, 0.6) is 0 Å². The van der Waals surface area contributed by atoms with E-state index in [1.165, 1.54) is 0 Å². The van der Waals surface area contributed by atoms with Crippen molar-refractivity contribution in [3.8, 4) is 0 Å². The van der Waals surface area contributed by atoms with Gasteiger partial charge in [0.25, 0.3) is 10.1 Å². The summed E-state index contributed by atoms with van der Waals surface area (Å²) in [7, 11) is -4.44. The van der Waals surface area contributed by atoms with Gasteiger partial charge in [-0.15, -0.1) is 0 Å². The van der Waals surface area contributed by atoms with Crippen LogP contribution in [-0.4, -0.2) is 48.0 Å². The minimum Gasteiger partial charge on any atom is -0.444 e. The van der Waals surface area contributed by atoms with Crippen molar-refractivity contribution in [1.82, 2.24) is 4.90 Å². The Morgan fingerprint density at radius 1 is 0.886 bits per heavy atom. The molecule has 0 unspecified atom stereocenters. The second kappa shape index (κ2) is 11.5. The zero-order valence-electron chi connectivity index (χ0n) is 19.0. The summed E-state index contributed by atoms with van der Waals surface area (Å²) in [5, 5.41) is 0. The Balaban J connectivity index is 1.80. The largest absolute Gasteiger partial charge is 0.444 e. The fourth-order valence-corrected chi connectivity index (χ4v) is 3.79. The van der Waals surface area contributed by atoms with E-state index in [0.29, 0.717) is 27.2 Å². The van der Waals surface area contributed by atoms with Crippen LogP contribution < -0.4 is 0 Å². The molecule has 8 nitrogen and oxygen atoms in total. The predicted molar refractivity (Wildman–Crippen MR) is 129 cm³/mol. The van der Waals surface area contributed by atoms with Crippen LogP contribution in [0.25, 0.3) is 0 Å². The summed E-state index contributed by atoms with van der Waals surface area (Å²) in [5.74, 6) is -2.68. The molecule has 0 spiro atoms. The maximum Gasteiger partial charge on any atom is 0.416 e. The molecule has 0 aliphatic rings. The quantitative estimate of drug-likeness (QED) is 0.351. The minimum atomic E-state index is -4.44. The van der Waals surface area contributed by atoms with E-state index in [2.05, 4.69) is 0 Å². The molecule has 3 aromatic rings. The van der Waals surface area contributed by atoms with Crippen LogP contribution >= 0.6 is 0 Å². The number of carbonyl (C=O) groups excluding carboxylic acids is 3. The average Bonchev–Trinajstić information content (AvgIpc) is 2.87. The fourth-order valence-electron chi connectivity index (χ4n) is 3.38. The molecule has 35 heavy (non-hydrogen) atoms. The van der Waals surface area contributed by atoms with Gasteiger partial charge in [0, 0.05) is 17.7 Å². The van der Waals surface area contributed by atoms with Gasteiger partial charge in [-0.05, 0) is 24.1 Å². The maximum absolute atomic E-state index is 13.2. The summed E-state index contributed by atoms with van der Waals surface area (Å²) in [6.07, 6.45) is -1.04. The van der Waals surface area contributed by atoms with Gasteiger partial charge in [0.1, 0.15) is 6.61 Å². The van der Waals surface area contributed by atoms with Crippen molar-refractivity contribution in [3.05, 3.63) is 107 Å². The predicted octanol–water partition coefficient (Wildman–Crippen LogP) is 4.07. The third-order valence-electron chi connectivity index (χ3n) is 5.32. The number of ketones is 1. The van der Waals surface area contributed by atoms with Crippen molar-refractivity contribution in [2.75, 3.05) is 12.3 Å². The Labute approximate surface area is 203 Å². The molecule has 0 radical (unpaired) electrons. The van der Waals surface area contributed by atoms with Gasteiger partial charge < -0.3 is 4.74 Å². The highest BCUT2D eigenvalue weighted by Crippen LogP contribution is 2.22. The first-order valence-corrected chi connectivity index (χ1v) is 12.4. The number of amides is 2. The standard InChI is InChI=1S/C26H25NO7S/c1-19(22-13-8-14-23(17-22)24(28)21-11-6-3-7-12-21)25(29)27(15-16-35(31,32)33)26(30)34-18-20-9-4-2-5-10-20/h2-14,17,19H,15-16,18H2,1H3,(H,31,32,33)/t19-/m1/s1. The number of carbonyl (C=O) groups is 3. The Morgan fingerprint density at radius 2 is 1.49 bits per heavy atom. The molecule has 0 saturated carbocycles. The average molecular weight is 496 g/mol. The summed E-state index contributed by atoms with van der Waals surface area (Å²) in [5.41, 5.74) is 2.00. The van der Waals surface area contributed by atoms with E-state index in [-0.39, 0.29) is 12.4 Å². The third-order valence-corrected chi connectivity index (χ3v) is 6.02. The molecule has 2 amide bonds. The third kappa shape index (κ3) is 7.33. The molecule has 182 valence electrons. The first-order chi connectivity index (χ1) is 16.7. The van der Waals surface area contributed by atoms with Crippen molar-refractivity contribution < 1.29 is 32.1 Å². The summed E-state index contributed by atoms with van der Waals surface area (Å²) < 4.78 is 36.9. The lowest BCUT2D eigenvalue weighted by Crippen LogP contribution is -2.42. The lowest BCUT2D eigenvalue weighted by atomic mass is 9.95. The van der Waals surface area contributed by atoms with Crippen LogP contribution in [0.1, 0.15) is 39.9 Å². The summed E-state index contributed by atoms with van der Waals surface area (Å²) in [6.45, 7) is 0.836. The number of imide groups is 1. The summed E-state index contributed by atoms with van der Waals surface area (Å²) in [6, 6.07) is 23.9. The van der Waals surface area contributed by atoms with E-state index >= 15 is 0 Å². The van der Waals surface area contributed by atoms with E-state index in [0.717, 1.165) is 0 Å². The number of benzene rings is 3. The molecule has 0 aliphatic heterocycles. The van der Waals surface area contributed by atoms with Gasteiger partial charge in [-0.3, -0.25) is 14.1 Å². The van der Waals surface area contributed by atoms with E-state index in [9.17, 15) is 22.8 Å². The van der Waals surface area contributed by atoms with E-state index in [1.807, 2.05) is 0 Å². The lowest BCUT2D eigenvalue weighted by molar-refractivity contribution is -0.130. The van der Waals surface area contributed by atoms with E-state index in [4.69, 9.17) is 9.29 Å². The van der Waals surface area contributed by atoms with Gasteiger partial charge in [0.2, 0.25) is 5.91 Å². The Morgan fingerprint density at radius 3 is 2.11 bits per heavy atom. The first-order valence-electron chi connectivity index (χ1n) is 10.8. The molecule has 3 rings (SSSR count). The molecule has 9 heteroatoms. The monoisotopic (exact) mass is 495 g/mol. The van der Waals surface area contributed by atoms with Crippen LogP contribution in [0.2, 0.25) is 0 Å². The van der Waals surface area contributed by atoms with Crippen LogP contribution in [0.3, 0.4) is 0 Å². The molecule has 0 heterocycles. The second-order valence-electron chi connectivity index (χ2n) is 7.86. The topological polar surface area (TPSA) is 118 Å². The van der Waals surface area contributed by atoms with Crippen molar-refractivity contribution in [1.29, 1.82) is 0 Å².